The summed E-state index contributed by atoms with van der Waals surface area (Å²) in [4.78, 5) is 0. The topological polar surface area (TPSA) is 18.5 Å². The third-order valence-corrected chi connectivity index (χ3v) is 4.86. The number of rotatable bonds is 0. The maximum Gasteiger partial charge on any atom is 0.251 e. The highest BCUT2D eigenvalue weighted by Gasteiger charge is 2.51. The standard InChI is InChI=1S/C18H28O2/c1-16(2,3)12-11-13(17(4,5)6)15-14(12)19-18(20-15)9-7-8-10-18/h7-11H2,1-6H3. The molecule has 3 aliphatic rings. The Bertz CT molecular complexity index is 448. The van der Waals surface area contributed by atoms with Gasteiger partial charge in [-0.15, -0.1) is 0 Å². The summed E-state index contributed by atoms with van der Waals surface area (Å²) in [6.45, 7) is 13.7. The van der Waals surface area contributed by atoms with E-state index in [-0.39, 0.29) is 16.6 Å². The van der Waals surface area contributed by atoms with Gasteiger partial charge in [0.25, 0.3) is 5.79 Å². The first kappa shape index (κ1) is 14.0. The predicted octanol–water partition coefficient (Wildman–Crippen LogP) is 5.31. The van der Waals surface area contributed by atoms with Gasteiger partial charge in [-0.3, -0.25) is 0 Å². The van der Waals surface area contributed by atoms with Crippen molar-refractivity contribution in [3.05, 3.63) is 22.7 Å². The summed E-state index contributed by atoms with van der Waals surface area (Å²) < 4.78 is 12.8. The Morgan fingerprint density at radius 3 is 1.50 bits per heavy atom. The molecule has 1 spiro atoms. The molecule has 3 rings (SSSR count). The minimum atomic E-state index is -0.335. The lowest BCUT2D eigenvalue weighted by atomic mass is 9.79. The molecule has 112 valence electrons. The van der Waals surface area contributed by atoms with E-state index in [0.29, 0.717) is 0 Å². The van der Waals surface area contributed by atoms with Crippen LogP contribution in [0.2, 0.25) is 0 Å². The number of hydrogen-bond donors (Lipinski definition) is 0. The average Bonchev–Trinajstić information content (AvgIpc) is 2.90. The van der Waals surface area contributed by atoms with Gasteiger partial charge in [0.1, 0.15) is 0 Å². The Kier molecular flexibility index (Phi) is 2.84. The molecule has 0 unspecified atom stereocenters. The fourth-order valence-corrected chi connectivity index (χ4v) is 3.55. The minimum Gasteiger partial charge on any atom is -0.448 e. The van der Waals surface area contributed by atoms with Crippen LogP contribution < -0.4 is 0 Å². The largest absolute Gasteiger partial charge is 0.448 e. The molecule has 1 saturated carbocycles. The van der Waals surface area contributed by atoms with E-state index in [0.717, 1.165) is 30.8 Å². The van der Waals surface area contributed by atoms with Gasteiger partial charge < -0.3 is 9.47 Å². The third-order valence-electron chi connectivity index (χ3n) is 4.86. The van der Waals surface area contributed by atoms with E-state index in [1.54, 1.807) is 0 Å². The molecule has 0 bridgehead atoms. The highest BCUT2D eigenvalue weighted by Crippen LogP contribution is 2.56. The SMILES string of the molecule is CC(C)(C)C1=C2OC3(CCCC3)OC2=C(C(C)(C)C)C1. The molecule has 1 aliphatic heterocycles. The first-order chi connectivity index (χ1) is 9.12. The van der Waals surface area contributed by atoms with Crippen LogP contribution in [0, 0.1) is 10.8 Å². The smallest absolute Gasteiger partial charge is 0.251 e. The lowest BCUT2D eigenvalue weighted by Gasteiger charge is -2.28. The van der Waals surface area contributed by atoms with Crippen LogP contribution in [0.3, 0.4) is 0 Å². The first-order valence-corrected chi connectivity index (χ1v) is 7.98. The lowest BCUT2D eigenvalue weighted by molar-refractivity contribution is -0.132. The van der Waals surface area contributed by atoms with Crippen molar-refractivity contribution < 1.29 is 9.47 Å². The fourth-order valence-electron chi connectivity index (χ4n) is 3.55. The normalized spacial score (nSPS) is 25.3. The van der Waals surface area contributed by atoms with Gasteiger partial charge in [-0.05, 0) is 41.2 Å². The first-order valence-electron chi connectivity index (χ1n) is 7.98. The molecule has 2 aliphatic carbocycles. The Labute approximate surface area is 123 Å². The van der Waals surface area contributed by atoms with E-state index in [9.17, 15) is 0 Å². The highest BCUT2D eigenvalue weighted by molar-refractivity contribution is 5.47. The molecule has 0 N–H and O–H groups in total. The van der Waals surface area contributed by atoms with Gasteiger partial charge in [-0.25, -0.2) is 0 Å². The van der Waals surface area contributed by atoms with Gasteiger partial charge in [0.2, 0.25) is 0 Å². The van der Waals surface area contributed by atoms with E-state index in [4.69, 9.17) is 9.47 Å². The molecule has 2 nitrogen and oxygen atoms in total. The summed E-state index contributed by atoms with van der Waals surface area (Å²) in [6, 6.07) is 0. The van der Waals surface area contributed by atoms with Gasteiger partial charge in [0.15, 0.2) is 11.5 Å². The second-order valence-corrected chi connectivity index (χ2v) is 8.61. The van der Waals surface area contributed by atoms with Crippen LogP contribution in [0.15, 0.2) is 22.7 Å². The van der Waals surface area contributed by atoms with Crippen molar-refractivity contribution in [3.8, 4) is 0 Å². The zero-order valence-electron chi connectivity index (χ0n) is 13.9. The summed E-state index contributed by atoms with van der Waals surface area (Å²) >= 11 is 0. The molecule has 1 heterocycles. The van der Waals surface area contributed by atoms with Crippen molar-refractivity contribution in [2.75, 3.05) is 0 Å². The molecule has 0 radical (unpaired) electrons. The van der Waals surface area contributed by atoms with Gasteiger partial charge >= 0.3 is 0 Å². The maximum atomic E-state index is 6.40. The molecular weight excluding hydrogens is 248 g/mol. The second-order valence-electron chi connectivity index (χ2n) is 8.61. The summed E-state index contributed by atoms with van der Waals surface area (Å²) in [5.41, 5.74) is 3.12. The summed E-state index contributed by atoms with van der Waals surface area (Å²) in [5.74, 6) is 1.81. The van der Waals surface area contributed by atoms with Crippen LogP contribution in [0.1, 0.15) is 73.6 Å². The zero-order chi connectivity index (χ0) is 14.8. The van der Waals surface area contributed by atoms with E-state index in [2.05, 4.69) is 41.5 Å². The molecule has 2 fully saturated rings. The van der Waals surface area contributed by atoms with E-state index in [1.165, 1.54) is 24.0 Å². The Hall–Kier alpha value is -0.920. The minimum absolute atomic E-state index is 0.140. The molecule has 1 saturated heterocycles. The number of fused-ring (bicyclic) bond motifs is 1. The molecule has 0 atom stereocenters. The zero-order valence-corrected chi connectivity index (χ0v) is 13.9. The van der Waals surface area contributed by atoms with Crippen LogP contribution in [0.5, 0.6) is 0 Å². The second kappa shape index (κ2) is 4.05. The Morgan fingerprint density at radius 2 is 1.15 bits per heavy atom. The van der Waals surface area contributed by atoms with Crippen LogP contribution in [0.25, 0.3) is 0 Å². The molecule has 0 amide bonds. The van der Waals surface area contributed by atoms with Crippen LogP contribution in [0.4, 0.5) is 0 Å². The molecule has 2 heteroatoms. The fraction of sp³-hybridized carbons (Fsp3) is 0.778. The van der Waals surface area contributed by atoms with Crippen LogP contribution in [-0.2, 0) is 9.47 Å². The van der Waals surface area contributed by atoms with E-state index in [1.807, 2.05) is 0 Å². The third kappa shape index (κ3) is 2.08. The monoisotopic (exact) mass is 276 g/mol. The van der Waals surface area contributed by atoms with Crippen molar-refractivity contribution in [2.45, 2.75) is 79.4 Å². The Balaban J connectivity index is 2.05. The molecule has 20 heavy (non-hydrogen) atoms. The molecule has 0 aromatic heterocycles. The molecule has 0 aromatic carbocycles. The average molecular weight is 276 g/mol. The van der Waals surface area contributed by atoms with E-state index >= 15 is 0 Å². The molecule has 0 aromatic rings. The van der Waals surface area contributed by atoms with E-state index < -0.39 is 0 Å². The summed E-state index contributed by atoms with van der Waals surface area (Å²) in [7, 11) is 0. The van der Waals surface area contributed by atoms with Crippen molar-refractivity contribution in [3.63, 3.8) is 0 Å². The number of ether oxygens (including phenoxy) is 2. The number of hydrogen-bond acceptors (Lipinski definition) is 2. The summed E-state index contributed by atoms with van der Waals surface area (Å²) in [6.07, 6.45) is 5.52. The van der Waals surface area contributed by atoms with Gasteiger partial charge in [0, 0.05) is 12.8 Å². The van der Waals surface area contributed by atoms with Crippen LogP contribution >= 0.6 is 0 Å². The van der Waals surface area contributed by atoms with Crippen LogP contribution in [-0.4, -0.2) is 5.79 Å². The highest BCUT2D eigenvalue weighted by atomic mass is 16.7. The molecular formula is C18H28O2. The van der Waals surface area contributed by atoms with Crippen molar-refractivity contribution in [1.82, 2.24) is 0 Å². The van der Waals surface area contributed by atoms with Gasteiger partial charge in [0.05, 0.1) is 0 Å². The van der Waals surface area contributed by atoms with Gasteiger partial charge in [-0.1, -0.05) is 41.5 Å². The summed E-state index contributed by atoms with van der Waals surface area (Å²) in [5, 5.41) is 0. The lowest BCUT2D eigenvalue weighted by Crippen LogP contribution is -2.26. The van der Waals surface area contributed by atoms with Crippen molar-refractivity contribution in [2.24, 2.45) is 10.8 Å². The Morgan fingerprint density at radius 1 is 0.750 bits per heavy atom. The van der Waals surface area contributed by atoms with Crippen molar-refractivity contribution >= 4 is 0 Å². The quantitative estimate of drug-likeness (QED) is 0.597. The maximum absolute atomic E-state index is 6.40. The number of allylic oxidation sites excluding steroid dienone is 2. The predicted molar refractivity (Wildman–Crippen MR) is 80.9 cm³/mol. The van der Waals surface area contributed by atoms with Gasteiger partial charge in [-0.2, -0.15) is 0 Å². The van der Waals surface area contributed by atoms with Crippen molar-refractivity contribution in [1.29, 1.82) is 0 Å².